The molecule has 2 amide bonds. The number of rotatable bonds is 8. The molecule has 1 rings (SSSR count). The van der Waals surface area contributed by atoms with Gasteiger partial charge in [0.05, 0.1) is 18.7 Å². The number of amides is 2. The molecule has 0 aliphatic heterocycles. The molecule has 1 aromatic carbocycles. The smallest absolute Gasteiger partial charge is 0.244 e. The minimum atomic E-state index is -0.758. The van der Waals surface area contributed by atoms with Crippen LogP contribution in [-0.4, -0.2) is 47.3 Å². The quantitative estimate of drug-likeness (QED) is 0.442. The normalized spacial score (nSPS) is 13.0. The molecule has 0 spiro atoms. The van der Waals surface area contributed by atoms with Gasteiger partial charge < -0.3 is 21.3 Å². The number of aliphatic hydroxyl groups is 1. The molecule has 2 atom stereocenters. The van der Waals surface area contributed by atoms with Crippen LogP contribution >= 0.6 is 12.4 Å². The molecule has 0 radical (unpaired) electrons. The fraction of sp³-hybridized carbons (Fsp3) is 0.500. The highest BCUT2D eigenvalue weighted by Gasteiger charge is 2.24. The third-order valence-corrected chi connectivity index (χ3v) is 3.46. The first-order chi connectivity index (χ1) is 10.8. The lowest BCUT2D eigenvalue weighted by atomic mass is 10.0. The van der Waals surface area contributed by atoms with Crippen molar-refractivity contribution in [3.8, 4) is 5.75 Å². The fourth-order valence-electron chi connectivity index (χ4n) is 1.96. The van der Waals surface area contributed by atoms with Crippen LogP contribution in [0, 0.1) is 5.92 Å². The summed E-state index contributed by atoms with van der Waals surface area (Å²) in [5.41, 5.74) is 6.54. The monoisotopic (exact) mass is 359 g/mol. The van der Waals surface area contributed by atoms with E-state index in [1.165, 1.54) is 12.1 Å². The number of halogens is 1. The lowest BCUT2D eigenvalue weighted by Crippen LogP contribution is -2.53. The summed E-state index contributed by atoms with van der Waals surface area (Å²) in [7, 11) is 0. The molecule has 24 heavy (non-hydrogen) atoms. The van der Waals surface area contributed by atoms with Gasteiger partial charge in [-0.2, -0.15) is 0 Å². The number of nitrogens with two attached hydrogens (primary N) is 1. The van der Waals surface area contributed by atoms with Crippen LogP contribution in [0.3, 0.4) is 0 Å². The van der Waals surface area contributed by atoms with E-state index in [0.29, 0.717) is 6.42 Å². The number of imide groups is 1. The molecule has 0 saturated carbocycles. The van der Waals surface area contributed by atoms with Crippen molar-refractivity contribution in [2.45, 2.75) is 32.4 Å². The first-order valence-electron chi connectivity index (χ1n) is 7.57. The number of nitrogens with one attached hydrogen (secondary N) is 2. The lowest BCUT2D eigenvalue weighted by Gasteiger charge is -2.20. The Balaban J connectivity index is 0.00000529. The van der Waals surface area contributed by atoms with Gasteiger partial charge in [-0.1, -0.05) is 26.0 Å². The molecular weight excluding hydrogens is 334 g/mol. The molecule has 0 aliphatic rings. The predicted molar refractivity (Wildman–Crippen MR) is 93.9 cm³/mol. The maximum Gasteiger partial charge on any atom is 0.244 e. The largest absolute Gasteiger partial charge is 0.508 e. The standard InChI is InChI=1S/C16H25N3O4.ClH/c1-10(2)14(17)16(23)19-15(22)13(18-7-8-20)9-11-3-5-12(21)6-4-11;/h3-6,10,13-14,18,20-21H,7-9,17H2,1-2H3,(H,19,22,23);1H/t13-,14-;/m0./s1. The Morgan fingerprint density at radius 1 is 1.17 bits per heavy atom. The van der Waals surface area contributed by atoms with Crippen LogP contribution < -0.4 is 16.4 Å². The van der Waals surface area contributed by atoms with Gasteiger partial charge in [0.1, 0.15) is 5.75 Å². The maximum atomic E-state index is 12.3. The van der Waals surface area contributed by atoms with E-state index >= 15 is 0 Å². The SMILES string of the molecule is CC(C)[C@H](N)C(=O)NC(=O)[C@H](Cc1ccc(O)cc1)NCCO.Cl. The topological polar surface area (TPSA) is 125 Å². The molecule has 0 heterocycles. The van der Waals surface area contributed by atoms with E-state index in [1.807, 2.05) is 0 Å². The zero-order valence-corrected chi connectivity index (χ0v) is 14.7. The number of phenols is 1. The first kappa shape index (κ1) is 22.3. The van der Waals surface area contributed by atoms with Crippen molar-refractivity contribution in [2.24, 2.45) is 11.7 Å². The molecular formula is C16H26ClN3O4. The summed E-state index contributed by atoms with van der Waals surface area (Å²) in [5.74, 6) is -0.959. The fourth-order valence-corrected chi connectivity index (χ4v) is 1.96. The van der Waals surface area contributed by atoms with Crippen LogP contribution in [0.25, 0.3) is 0 Å². The Hall–Kier alpha value is -1.67. The summed E-state index contributed by atoms with van der Waals surface area (Å²) in [6.07, 6.45) is 0.316. The summed E-state index contributed by atoms with van der Waals surface area (Å²) in [6.45, 7) is 3.69. The minimum absolute atomic E-state index is 0. The van der Waals surface area contributed by atoms with Crippen molar-refractivity contribution < 1.29 is 19.8 Å². The Bertz CT molecular complexity index is 523. The van der Waals surface area contributed by atoms with Crippen molar-refractivity contribution in [3.63, 3.8) is 0 Å². The van der Waals surface area contributed by atoms with Gasteiger partial charge in [-0.05, 0) is 30.0 Å². The molecule has 0 fully saturated rings. The van der Waals surface area contributed by atoms with E-state index in [1.54, 1.807) is 26.0 Å². The van der Waals surface area contributed by atoms with Crippen molar-refractivity contribution in [1.82, 2.24) is 10.6 Å². The Labute approximate surface area is 148 Å². The summed E-state index contributed by atoms with van der Waals surface area (Å²) in [5, 5.41) is 23.4. The number of aliphatic hydroxyl groups excluding tert-OH is 1. The van der Waals surface area contributed by atoms with Gasteiger partial charge in [-0.3, -0.25) is 14.9 Å². The highest BCUT2D eigenvalue weighted by atomic mass is 35.5. The Morgan fingerprint density at radius 3 is 2.25 bits per heavy atom. The third-order valence-electron chi connectivity index (χ3n) is 3.46. The van der Waals surface area contributed by atoms with Gasteiger partial charge in [0.25, 0.3) is 0 Å². The molecule has 0 bridgehead atoms. The zero-order chi connectivity index (χ0) is 17.4. The maximum absolute atomic E-state index is 12.3. The average Bonchev–Trinajstić information content (AvgIpc) is 2.52. The summed E-state index contributed by atoms with van der Waals surface area (Å²) in [6, 6.07) is 4.99. The number of benzene rings is 1. The van der Waals surface area contributed by atoms with Crippen LogP contribution in [0.1, 0.15) is 19.4 Å². The van der Waals surface area contributed by atoms with Crippen molar-refractivity contribution in [2.75, 3.05) is 13.2 Å². The van der Waals surface area contributed by atoms with Gasteiger partial charge in [0, 0.05) is 6.54 Å². The molecule has 7 nitrogen and oxygen atoms in total. The summed E-state index contributed by atoms with van der Waals surface area (Å²) >= 11 is 0. The average molecular weight is 360 g/mol. The van der Waals surface area contributed by atoms with Crippen LogP contribution in [0.5, 0.6) is 5.75 Å². The van der Waals surface area contributed by atoms with Crippen LogP contribution in [0.4, 0.5) is 0 Å². The molecule has 136 valence electrons. The summed E-state index contributed by atoms with van der Waals surface area (Å²) < 4.78 is 0. The predicted octanol–water partition coefficient (Wildman–Crippen LogP) is -0.0669. The Morgan fingerprint density at radius 2 is 1.75 bits per heavy atom. The molecule has 0 aliphatic carbocycles. The van der Waals surface area contributed by atoms with Gasteiger partial charge in [-0.25, -0.2) is 0 Å². The second-order valence-corrected chi connectivity index (χ2v) is 5.72. The van der Waals surface area contributed by atoms with Crippen LogP contribution in [0.2, 0.25) is 0 Å². The van der Waals surface area contributed by atoms with Gasteiger partial charge in [-0.15, -0.1) is 12.4 Å². The second kappa shape index (κ2) is 11.0. The highest BCUT2D eigenvalue weighted by molar-refractivity contribution is 6.00. The minimum Gasteiger partial charge on any atom is -0.508 e. The highest BCUT2D eigenvalue weighted by Crippen LogP contribution is 2.11. The Kier molecular flexibility index (Phi) is 10.2. The number of carbonyl (C=O) groups excluding carboxylic acids is 2. The number of phenolic OH excluding ortho intramolecular Hbond substituents is 1. The number of hydrogen-bond acceptors (Lipinski definition) is 6. The molecule has 0 unspecified atom stereocenters. The van der Waals surface area contributed by atoms with E-state index in [9.17, 15) is 14.7 Å². The number of aromatic hydroxyl groups is 1. The molecule has 0 saturated heterocycles. The van der Waals surface area contributed by atoms with E-state index in [2.05, 4.69) is 10.6 Å². The van der Waals surface area contributed by atoms with Crippen molar-refractivity contribution in [1.29, 1.82) is 0 Å². The van der Waals surface area contributed by atoms with E-state index in [-0.39, 0.29) is 37.2 Å². The lowest BCUT2D eigenvalue weighted by molar-refractivity contribution is -0.132. The number of hydrogen-bond donors (Lipinski definition) is 5. The van der Waals surface area contributed by atoms with Crippen LogP contribution in [-0.2, 0) is 16.0 Å². The van der Waals surface area contributed by atoms with E-state index < -0.39 is 23.9 Å². The van der Waals surface area contributed by atoms with Gasteiger partial charge >= 0.3 is 0 Å². The molecule has 8 heteroatoms. The third kappa shape index (κ3) is 7.27. The molecule has 0 aromatic heterocycles. The van der Waals surface area contributed by atoms with Crippen molar-refractivity contribution >= 4 is 24.2 Å². The van der Waals surface area contributed by atoms with E-state index in [4.69, 9.17) is 10.8 Å². The van der Waals surface area contributed by atoms with Crippen LogP contribution in [0.15, 0.2) is 24.3 Å². The molecule has 1 aromatic rings. The number of carbonyl (C=O) groups is 2. The van der Waals surface area contributed by atoms with Gasteiger partial charge in [0.15, 0.2) is 0 Å². The van der Waals surface area contributed by atoms with Crippen molar-refractivity contribution in [3.05, 3.63) is 29.8 Å². The molecule has 6 N–H and O–H groups in total. The van der Waals surface area contributed by atoms with Gasteiger partial charge in [0.2, 0.25) is 11.8 Å². The zero-order valence-electron chi connectivity index (χ0n) is 13.9. The summed E-state index contributed by atoms with van der Waals surface area (Å²) in [4.78, 5) is 24.2. The first-order valence-corrected chi connectivity index (χ1v) is 7.57. The van der Waals surface area contributed by atoms with E-state index in [0.717, 1.165) is 5.56 Å². The second-order valence-electron chi connectivity index (χ2n) is 5.72.